The normalized spacial score (nSPS) is 13.6. The summed E-state index contributed by atoms with van der Waals surface area (Å²) in [6, 6.07) is 0. The summed E-state index contributed by atoms with van der Waals surface area (Å²) in [5, 5.41) is 8.18. The molecule has 0 aliphatic heterocycles. The Morgan fingerprint density at radius 2 is 2.43 bits per heavy atom. The number of hydrogen-bond donors (Lipinski definition) is 2. The summed E-state index contributed by atoms with van der Waals surface area (Å²) in [4.78, 5) is 9.96. The fraction of sp³-hybridized carbons (Fsp3) is 0.750. The van der Waals surface area contributed by atoms with Gasteiger partial charge in [-0.1, -0.05) is 0 Å². The van der Waals surface area contributed by atoms with Crippen LogP contribution in [0.2, 0.25) is 0 Å². The van der Waals surface area contributed by atoms with E-state index in [0.717, 1.165) is 0 Å². The number of thiol groups is 1. The minimum atomic E-state index is -0.551. The minimum Gasteiger partial charge on any atom is -0.393 e. The molecule has 3 heteroatoms. The molecule has 7 heavy (non-hydrogen) atoms. The topological polar surface area (TPSA) is 37.3 Å². The van der Waals surface area contributed by atoms with Crippen LogP contribution in [0.5, 0.6) is 0 Å². The lowest BCUT2D eigenvalue weighted by Gasteiger charge is -1.94. The Hall–Kier alpha value is -0.0200. The molecule has 0 aliphatic carbocycles. The molecule has 0 heterocycles. The number of aliphatic hydroxyl groups is 1. The number of rotatable bonds is 2. The molecule has 0 aliphatic rings. The average Bonchev–Trinajstić information content (AvgIpc) is 1.27. The second-order valence-electron chi connectivity index (χ2n) is 1.45. The maximum atomic E-state index is 9.96. The van der Waals surface area contributed by atoms with Crippen LogP contribution in [-0.2, 0) is 4.79 Å². The molecule has 1 N–H and O–H groups in total. The van der Waals surface area contributed by atoms with Gasteiger partial charge in [0.05, 0.1) is 6.10 Å². The molecule has 0 radical (unpaired) electrons. The van der Waals surface area contributed by atoms with E-state index in [0.29, 0.717) is 0 Å². The third kappa shape index (κ3) is 5.98. The summed E-state index contributed by atoms with van der Waals surface area (Å²) in [6.45, 7) is 1.55. The van der Waals surface area contributed by atoms with Crippen LogP contribution < -0.4 is 0 Å². The van der Waals surface area contributed by atoms with E-state index in [1.165, 1.54) is 0 Å². The highest BCUT2D eigenvalue weighted by Crippen LogP contribution is 1.92. The van der Waals surface area contributed by atoms with Gasteiger partial charge in [-0.3, -0.25) is 4.79 Å². The molecule has 42 valence electrons. The first-order valence-electron chi connectivity index (χ1n) is 2.03. The SMILES string of the molecule is CC(O)CC(=O)S. The van der Waals surface area contributed by atoms with E-state index >= 15 is 0 Å². The number of hydrogen-bond acceptors (Lipinski definition) is 2. The standard InChI is InChI=1S/C4H8O2S/c1-3(5)2-4(6)7/h3,5H,2H2,1H3,(H,6,7). The Morgan fingerprint density at radius 3 is 2.43 bits per heavy atom. The molecule has 0 spiro atoms. The highest BCUT2D eigenvalue weighted by atomic mass is 32.1. The summed E-state index contributed by atoms with van der Waals surface area (Å²) < 4.78 is 0. The van der Waals surface area contributed by atoms with Crippen LogP contribution in [0.1, 0.15) is 13.3 Å². The summed E-state index contributed by atoms with van der Waals surface area (Å²) >= 11 is 3.44. The van der Waals surface area contributed by atoms with Gasteiger partial charge in [0.15, 0.2) is 5.12 Å². The van der Waals surface area contributed by atoms with Gasteiger partial charge < -0.3 is 5.11 Å². The van der Waals surface area contributed by atoms with Crippen LogP contribution in [0.3, 0.4) is 0 Å². The van der Waals surface area contributed by atoms with Crippen molar-refractivity contribution in [1.29, 1.82) is 0 Å². The second-order valence-corrected chi connectivity index (χ2v) is 1.95. The molecule has 1 unspecified atom stereocenters. The first kappa shape index (κ1) is 6.98. The highest BCUT2D eigenvalue weighted by molar-refractivity contribution is 7.96. The van der Waals surface area contributed by atoms with E-state index in [1.807, 2.05) is 0 Å². The Kier molecular flexibility index (Phi) is 3.04. The van der Waals surface area contributed by atoms with E-state index in [9.17, 15) is 4.79 Å². The van der Waals surface area contributed by atoms with Gasteiger partial charge in [0, 0.05) is 6.42 Å². The van der Waals surface area contributed by atoms with E-state index in [2.05, 4.69) is 12.6 Å². The number of aliphatic hydroxyl groups excluding tert-OH is 1. The van der Waals surface area contributed by atoms with Crippen LogP contribution >= 0.6 is 12.6 Å². The smallest absolute Gasteiger partial charge is 0.188 e. The van der Waals surface area contributed by atoms with Crippen molar-refractivity contribution in [3.8, 4) is 0 Å². The minimum absolute atomic E-state index is 0.142. The Morgan fingerprint density at radius 1 is 2.00 bits per heavy atom. The van der Waals surface area contributed by atoms with E-state index in [4.69, 9.17) is 5.11 Å². The maximum Gasteiger partial charge on any atom is 0.188 e. The van der Waals surface area contributed by atoms with E-state index < -0.39 is 6.10 Å². The zero-order chi connectivity index (χ0) is 5.86. The second kappa shape index (κ2) is 3.04. The van der Waals surface area contributed by atoms with Gasteiger partial charge in [0.1, 0.15) is 0 Å². The van der Waals surface area contributed by atoms with Crippen molar-refractivity contribution in [3.63, 3.8) is 0 Å². The van der Waals surface area contributed by atoms with Gasteiger partial charge >= 0.3 is 0 Å². The van der Waals surface area contributed by atoms with Crippen molar-refractivity contribution in [2.75, 3.05) is 0 Å². The quantitative estimate of drug-likeness (QED) is 0.511. The van der Waals surface area contributed by atoms with Crippen LogP contribution in [0.4, 0.5) is 0 Å². The molecule has 0 fully saturated rings. The molecular weight excluding hydrogens is 112 g/mol. The van der Waals surface area contributed by atoms with Gasteiger partial charge in [-0.2, -0.15) is 0 Å². The average molecular weight is 120 g/mol. The Bertz CT molecular complexity index is 70.1. The zero-order valence-electron chi connectivity index (χ0n) is 4.09. The molecule has 1 atom stereocenters. The molecule has 0 saturated carbocycles. The van der Waals surface area contributed by atoms with Gasteiger partial charge in [-0.25, -0.2) is 0 Å². The van der Waals surface area contributed by atoms with Gasteiger partial charge in [0.25, 0.3) is 0 Å². The molecule has 0 aromatic heterocycles. The number of carbonyl (C=O) groups is 1. The van der Waals surface area contributed by atoms with Crippen molar-refractivity contribution in [3.05, 3.63) is 0 Å². The van der Waals surface area contributed by atoms with E-state index in [1.54, 1.807) is 6.92 Å². The van der Waals surface area contributed by atoms with Crippen LogP contribution in [-0.4, -0.2) is 16.3 Å². The van der Waals surface area contributed by atoms with Gasteiger partial charge in [0.2, 0.25) is 0 Å². The largest absolute Gasteiger partial charge is 0.393 e. The molecule has 2 nitrogen and oxygen atoms in total. The number of carbonyl (C=O) groups excluding carboxylic acids is 1. The van der Waals surface area contributed by atoms with Crippen molar-refractivity contribution >= 4 is 17.7 Å². The fourth-order valence-corrected chi connectivity index (χ4v) is 0.517. The Balaban J connectivity index is 3.13. The summed E-state index contributed by atoms with van der Waals surface area (Å²) in [7, 11) is 0. The van der Waals surface area contributed by atoms with Crippen molar-refractivity contribution in [1.82, 2.24) is 0 Å². The van der Waals surface area contributed by atoms with E-state index in [-0.39, 0.29) is 11.5 Å². The van der Waals surface area contributed by atoms with Crippen molar-refractivity contribution < 1.29 is 9.90 Å². The van der Waals surface area contributed by atoms with Crippen LogP contribution in [0.15, 0.2) is 0 Å². The maximum absolute atomic E-state index is 9.96. The lowest BCUT2D eigenvalue weighted by molar-refractivity contribution is -0.112. The molecular formula is C4H8O2S. The van der Waals surface area contributed by atoms with Gasteiger partial charge in [-0.05, 0) is 6.92 Å². The summed E-state index contributed by atoms with van der Waals surface area (Å²) in [5.41, 5.74) is 0. The van der Waals surface area contributed by atoms with Gasteiger partial charge in [-0.15, -0.1) is 12.6 Å². The fourth-order valence-electron chi connectivity index (χ4n) is 0.253. The van der Waals surface area contributed by atoms with Crippen LogP contribution in [0, 0.1) is 0 Å². The first-order chi connectivity index (χ1) is 3.13. The van der Waals surface area contributed by atoms with Crippen molar-refractivity contribution in [2.45, 2.75) is 19.4 Å². The predicted molar refractivity (Wildman–Crippen MR) is 30.3 cm³/mol. The monoisotopic (exact) mass is 120 g/mol. The molecule has 0 saturated heterocycles. The third-order valence-electron chi connectivity index (χ3n) is 0.470. The highest BCUT2D eigenvalue weighted by Gasteiger charge is 1.98. The van der Waals surface area contributed by atoms with Crippen LogP contribution in [0.25, 0.3) is 0 Å². The molecule has 0 aromatic carbocycles. The molecule has 0 amide bonds. The third-order valence-corrected chi connectivity index (χ3v) is 0.653. The molecule has 0 bridgehead atoms. The van der Waals surface area contributed by atoms with Crippen molar-refractivity contribution in [2.24, 2.45) is 0 Å². The predicted octanol–water partition coefficient (Wildman–Crippen LogP) is 0.214. The summed E-state index contributed by atoms with van der Waals surface area (Å²) in [6.07, 6.45) is -0.409. The first-order valence-corrected chi connectivity index (χ1v) is 2.47. The lowest BCUT2D eigenvalue weighted by atomic mass is 10.3. The molecule has 0 aromatic rings. The zero-order valence-corrected chi connectivity index (χ0v) is 4.98. The summed E-state index contributed by atoms with van der Waals surface area (Å²) in [5.74, 6) is 0. The Labute approximate surface area is 47.9 Å². The lowest BCUT2D eigenvalue weighted by Crippen LogP contribution is -2.03. The molecule has 0 rings (SSSR count).